The number of ketones is 1. The second kappa shape index (κ2) is 4.34. The van der Waals surface area contributed by atoms with Crippen LogP contribution in [-0.4, -0.2) is 22.9 Å². The summed E-state index contributed by atoms with van der Waals surface area (Å²) in [6.45, 7) is 1.80. The molecule has 5 heteroatoms. The highest BCUT2D eigenvalue weighted by molar-refractivity contribution is 7.12. The zero-order valence-electron chi connectivity index (χ0n) is 7.69. The number of aryl methyl sites for hydroxylation is 1. The predicted octanol–water partition coefficient (Wildman–Crippen LogP) is 1.04. The van der Waals surface area contributed by atoms with Gasteiger partial charge in [0.15, 0.2) is 5.78 Å². The topological polar surface area (TPSA) is 80.4 Å². The van der Waals surface area contributed by atoms with E-state index >= 15 is 0 Å². The highest BCUT2D eigenvalue weighted by Crippen LogP contribution is 2.17. The molecular formula is C9H11NO3S. The van der Waals surface area contributed by atoms with Gasteiger partial charge in [-0.3, -0.25) is 9.59 Å². The largest absolute Gasteiger partial charge is 0.481 e. The normalized spacial score (nSPS) is 12.4. The van der Waals surface area contributed by atoms with Gasteiger partial charge in [-0.25, -0.2) is 0 Å². The summed E-state index contributed by atoms with van der Waals surface area (Å²) in [4.78, 5) is 22.5. The Hall–Kier alpha value is -1.20. The Balaban J connectivity index is 2.76. The fraction of sp³-hybridized carbons (Fsp3) is 0.333. The monoisotopic (exact) mass is 213 g/mol. The minimum absolute atomic E-state index is 0.292. The van der Waals surface area contributed by atoms with E-state index in [1.54, 1.807) is 12.3 Å². The number of hydrogen-bond acceptors (Lipinski definition) is 4. The Morgan fingerprint density at radius 3 is 2.71 bits per heavy atom. The van der Waals surface area contributed by atoms with Crippen LogP contribution in [0.25, 0.3) is 0 Å². The van der Waals surface area contributed by atoms with E-state index in [1.165, 1.54) is 11.3 Å². The van der Waals surface area contributed by atoms with Crippen molar-refractivity contribution in [3.8, 4) is 0 Å². The van der Waals surface area contributed by atoms with Crippen molar-refractivity contribution < 1.29 is 14.7 Å². The van der Waals surface area contributed by atoms with Gasteiger partial charge in [0.2, 0.25) is 0 Å². The number of thiophene rings is 1. The molecule has 0 aliphatic heterocycles. The van der Waals surface area contributed by atoms with Gasteiger partial charge in [-0.1, -0.05) is 0 Å². The van der Waals surface area contributed by atoms with Gasteiger partial charge in [-0.05, 0) is 23.9 Å². The lowest BCUT2D eigenvalue weighted by molar-refractivity contribution is -0.137. The molecule has 0 spiro atoms. The molecule has 1 unspecified atom stereocenters. The van der Waals surface area contributed by atoms with E-state index in [0.717, 1.165) is 5.56 Å². The van der Waals surface area contributed by atoms with Crippen LogP contribution >= 0.6 is 11.3 Å². The van der Waals surface area contributed by atoms with Crippen LogP contribution in [0.2, 0.25) is 0 Å². The molecule has 76 valence electrons. The average Bonchev–Trinajstić information content (AvgIpc) is 2.48. The van der Waals surface area contributed by atoms with Crippen LogP contribution in [-0.2, 0) is 4.79 Å². The number of hydrogen-bond donors (Lipinski definition) is 2. The number of Topliss-reactive ketones (excluding diaryl/α,β-unsaturated/α-hetero) is 1. The first-order chi connectivity index (χ1) is 6.52. The molecule has 0 saturated carbocycles. The van der Waals surface area contributed by atoms with Crippen molar-refractivity contribution in [3.63, 3.8) is 0 Å². The Kier molecular flexibility index (Phi) is 3.38. The minimum atomic E-state index is -1.06. The fourth-order valence-electron chi connectivity index (χ4n) is 1.07. The summed E-state index contributed by atoms with van der Waals surface area (Å²) >= 11 is 1.29. The molecule has 0 aliphatic rings. The zero-order valence-corrected chi connectivity index (χ0v) is 8.50. The second-order valence-electron chi connectivity index (χ2n) is 3.00. The van der Waals surface area contributed by atoms with Crippen LogP contribution in [0, 0.1) is 6.92 Å². The first kappa shape index (κ1) is 10.9. The molecule has 4 nitrogen and oxygen atoms in total. The highest BCUT2D eigenvalue weighted by Gasteiger charge is 2.20. The number of carbonyl (C=O) groups is 2. The molecule has 0 aliphatic carbocycles. The van der Waals surface area contributed by atoms with Crippen molar-refractivity contribution in [1.29, 1.82) is 0 Å². The third kappa shape index (κ3) is 2.40. The molecule has 0 fully saturated rings. The molecule has 0 bridgehead atoms. The van der Waals surface area contributed by atoms with Crippen molar-refractivity contribution in [2.75, 3.05) is 0 Å². The molecule has 0 saturated heterocycles. The molecule has 0 amide bonds. The summed E-state index contributed by atoms with van der Waals surface area (Å²) in [5.74, 6) is -1.35. The lowest BCUT2D eigenvalue weighted by Gasteiger charge is -2.06. The van der Waals surface area contributed by atoms with E-state index in [0.29, 0.717) is 4.88 Å². The van der Waals surface area contributed by atoms with Crippen LogP contribution in [0.15, 0.2) is 11.4 Å². The molecule has 1 heterocycles. The van der Waals surface area contributed by atoms with Crippen molar-refractivity contribution in [2.45, 2.75) is 19.4 Å². The number of carbonyl (C=O) groups excluding carboxylic acids is 1. The SMILES string of the molecule is Cc1ccsc1C(=O)C(N)CC(=O)O. The quantitative estimate of drug-likeness (QED) is 0.732. The molecule has 0 aromatic carbocycles. The molecule has 0 radical (unpaired) electrons. The Morgan fingerprint density at radius 1 is 1.64 bits per heavy atom. The van der Waals surface area contributed by atoms with E-state index in [1.807, 2.05) is 6.07 Å². The van der Waals surface area contributed by atoms with E-state index < -0.39 is 12.0 Å². The van der Waals surface area contributed by atoms with Crippen molar-refractivity contribution in [3.05, 3.63) is 21.9 Å². The van der Waals surface area contributed by atoms with Gasteiger partial charge in [0, 0.05) is 0 Å². The van der Waals surface area contributed by atoms with Gasteiger partial charge in [0.25, 0.3) is 0 Å². The van der Waals surface area contributed by atoms with Gasteiger partial charge < -0.3 is 10.8 Å². The van der Waals surface area contributed by atoms with E-state index in [-0.39, 0.29) is 12.2 Å². The van der Waals surface area contributed by atoms with Gasteiger partial charge in [-0.2, -0.15) is 0 Å². The third-order valence-corrected chi connectivity index (χ3v) is 2.85. The lowest BCUT2D eigenvalue weighted by Crippen LogP contribution is -2.32. The maximum absolute atomic E-state index is 11.6. The number of aliphatic carboxylic acids is 1. The number of rotatable bonds is 4. The lowest BCUT2D eigenvalue weighted by atomic mass is 10.1. The highest BCUT2D eigenvalue weighted by atomic mass is 32.1. The number of carboxylic acid groups (broad SMARTS) is 1. The molecule has 1 atom stereocenters. The Bertz CT molecular complexity index is 359. The zero-order chi connectivity index (χ0) is 10.7. The van der Waals surface area contributed by atoms with Gasteiger partial charge in [-0.15, -0.1) is 11.3 Å². The first-order valence-corrected chi connectivity index (χ1v) is 4.96. The molecule has 14 heavy (non-hydrogen) atoms. The van der Waals surface area contributed by atoms with E-state index in [4.69, 9.17) is 10.8 Å². The summed E-state index contributed by atoms with van der Waals surface area (Å²) in [6.07, 6.45) is -0.323. The van der Waals surface area contributed by atoms with Crippen molar-refractivity contribution in [2.24, 2.45) is 5.73 Å². The number of nitrogens with two attached hydrogens (primary N) is 1. The third-order valence-electron chi connectivity index (χ3n) is 1.82. The summed E-state index contributed by atoms with van der Waals surface area (Å²) < 4.78 is 0. The molecule has 3 N–H and O–H groups in total. The maximum Gasteiger partial charge on any atom is 0.305 e. The van der Waals surface area contributed by atoms with Gasteiger partial charge in [0.1, 0.15) is 0 Å². The van der Waals surface area contributed by atoms with Crippen LogP contribution in [0.5, 0.6) is 0 Å². The summed E-state index contributed by atoms with van der Waals surface area (Å²) in [6, 6.07) is 0.871. The summed E-state index contributed by atoms with van der Waals surface area (Å²) in [5, 5.41) is 10.3. The van der Waals surface area contributed by atoms with Crippen LogP contribution < -0.4 is 5.73 Å². The fourth-order valence-corrected chi connectivity index (χ4v) is 2.00. The number of carboxylic acids is 1. The Morgan fingerprint density at radius 2 is 2.29 bits per heavy atom. The van der Waals surface area contributed by atoms with Crippen LogP contribution in [0.1, 0.15) is 21.7 Å². The van der Waals surface area contributed by atoms with Gasteiger partial charge >= 0.3 is 5.97 Å². The van der Waals surface area contributed by atoms with E-state index in [2.05, 4.69) is 0 Å². The van der Waals surface area contributed by atoms with Crippen molar-refractivity contribution in [1.82, 2.24) is 0 Å². The molecule has 1 aromatic rings. The minimum Gasteiger partial charge on any atom is -0.481 e. The second-order valence-corrected chi connectivity index (χ2v) is 3.92. The molecular weight excluding hydrogens is 202 g/mol. The Labute approximate surface area is 85.4 Å². The van der Waals surface area contributed by atoms with Crippen LogP contribution in [0.3, 0.4) is 0 Å². The maximum atomic E-state index is 11.6. The van der Waals surface area contributed by atoms with Crippen LogP contribution in [0.4, 0.5) is 0 Å². The predicted molar refractivity (Wildman–Crippen MR) is 53.6 cm³/mol. The summed E-state index contributed by atoms with van der Waals surface area (Å²) in [5.41, 5.74) is 6.30. The standard InChI is InChI=1S/C9H11NO3S/c1-5-2-3-14-9(5)8(13)6(10)4-7(11)12/h2-3,6H,4,10H2,1H3,(H,11,12). The first-order valence-electron chi connectivity index (χ1n) is 4.08. The van der Waals surface area contributed by atoms with Gasteiger partial charge in [0.05, 0.1) is 17.3 Å². The smallest absolute Gasteiger partial charge is 0.305 e. The summed E-state index contributed by atoms with van der Waals surface area (Å²) in [7, 11) is 0. The molecule has 1 aromatic heterocycles. The molecule has 1 rings (SSSR count). The van der Waals surface area contributed by atoms with E-state index in [9.17, 15) is 9.59 Å². The van der Waals surface area contributed by atoms with Crippen molar-refractivity contribution >= 4 is 23.1 Å². The average molecular weight is 213 g/mol.